The standard InChI is InChI=1S/C27H46N6O6/c1-3-17(2)22(30-23(34)18(29)9-4-5-13-28)26(37)32-15-7-11-20(32)24(35)31-14-6-10-19(31)25(36)33-16-8-12-21(33)27(38)39/h17-22H,3-16,28-29H2,1-2H3,(H,30,34)(H,38,39)/t17-,18-,19-,20-,21-,22-/m0/s1. The van der Waals surface area contributed by atoms with Gasteiger partial charge in [-0.15, -0.1) is 0 Å². The molecule has 3 saturated heterocycles. The van der Waals surface area contributed by atoms with Crippen LogP contribution < -0.4 is 16.8 Å². The van der Waals surface area contributed by atoms with Gasteiger partial charge in [-0.2, -0.15) is 0 Å². The van der Waals surface area contributed by atoms with Gasteiger partial charge in [0.25, 0.3) is 0 Å². The maximum atomic E-state index is 13.8. The molecule has 3 heterocycles. The molecule has 0 radical (unpaired) electrons. The summed E-state index contributed by atoms with van der Waals surface area (Å²) < 4.78 is 0. The van der Waals surface area contributed by atoms with Crippen LogP contribution in [0.25, 0.3) is 0 Å². The smallest absolute Gasteiger partial charge is 0.326 e. The number of nitrogens with one attached hydrogen (secondary N) is 1. The number of nitrogens with zero attached hydrogens (tertiary/aromatic N) is 3. The summed E-state index contributed by atoms with van der Waals surface area (Å²) in [7, 11) is 0. The van der Waals surface area contributed by atoms with Crippen molar-refractivity contribution >= 4 is 29.6 Å². The SMILES string of the molecule is CC[C@H](C)[C@H](NC(=O)[C@@H](N)CCCCN)C(=O)N1CCC[C@H]1C(=O)N1CCC[C@H]1C(=O)N1CCC[C@H]1C(=O)O. The van der Waals surface area contributed by atoms with Crippen LogP contribution in [0.5, 0.6) is 0 Å². The van der Waals surface area contributed by atoms with Gasteiger partial charge in [-0.3, -0.25) is 19.2 Å². The second kappa shape index (κ2) is 14.1. The lowest BCUT2D eigenvalue weighted by molar-refractivity contribution is -0.154. The first-order valence-corrected chi connectivity index (χ1v) is 14.5. The molecule has 0 aromatic heterocycles. The van der Waals surface area contributed by atoms with E-state index in [1.54, 1.807) is 9.80 Å². The van der Waals surface area contributed by atoms with E-state index in [0.717, 1.165) is 12.8 Å². The average Bonchev–Trinajstić information content (AvgIpc) is 3.70. The molecule has 3 fully saturated rings. The van der Waals surface area contributed by atoms with Crippen molar-refractivity contribution in [3.05, 3.63) is 0 Å². The first kappa shape index (κ1) is 30.8. The molecule has 0 aromatic carbocycles. The highest BCUT2D eigenvalue weighted by Crippen LogP contribution is 2.29. The number of amides is 4. The third kappa shape index (κ3) is 7.08. The van der Waals surface area contributed by atoms with Gasteiger partial charge in [0.15, 0.2) is 0 Å². The zero-order valence-electron chi connectivity index (χ0n) is 23.3. The summed E-state index contributed by atoms with van der Waals surface area (Å²) in [5.74, 6) is -2.50. The van der Waals surface area contributed by atoms with E-state index in [9.17, 15) is 29.1 Å². The van der Waals surface area contributed by atoms with Crippen LogP contribution in [0.4, 0.5) is 0 Å². The molecule has 6 N–H and O–H groups in total. The second-order valence-corrected chi connectivity index (χ2v) is 11.2. The lowest BCUT2D eigenvalue weighted by Gasteiger charge is -2.35. The van der Waals surface area contributed by atoms with E-state index < -0.39 is 42.1 Å². The van der Waals surface area contributed by atoms with Crippen molar-refractivity contribution in [2.75, 3.05) is 26.2 Å². The van der Waals surface area contributed by atoms with Gasteiger partial charge in [-0.1, -0.05) is 26.7 Å². The number of hydrogen-bond acceptors (Lipinski definition) is 7. The highest BCUT2D eigenvalue weighted by Gasteiger charge is 2.46. The summed E-state index contributed by atoms with van der Waals surface area (Å²) in [6.45, 7) is 5.50. The maximum absolute atomic E-state index is 13.8. The molecule has 0 unspecified atom stereocenters. The Morgan fingerprint density at radius 3 is 1.92 bits per heavy atom. The molecule has 0 bridgehead atoms. The summed E-state index contributed by atoms with van der Waals surface area (Å²) in [4.78, 5) is 69.9. The van der Waals surface area contributed by atoms with E-state index in [-0.39, 0.29) is 23.6 Å². The van der Waals surface area contributed by atoms with E-state index in [0.29, 0.717) is 77.5 Å². The largest absolute Gasteiger partial charge is 0.480 e. The summed E-state index contributed by atoms with van der Waals surface area (Å²) >= 11 is 0. The fourth-order valence-electron chi connectivity index (χ4n) is 6.01. The van der Waals surface area contributed by atoms with Crippen LogP contribution in [0.1, 0.15) is 78.1 Å². The minimum Gasteiger partial charge on any atom is -0.480 e. The van der Waals surface area contributed by atoms with Crippen LogP contribution in [-0.2, 0) is 24.0 Å². The van der Waals surface area contributed by atoms with E-state index in [2.05, 4.69) is 5.32 Å². The molecule has 0 aromatic rings. The highest BCUT2D eigenvalue weighted by atomic mass is 16.4. The zero-order chi connectivity index (χ0) is 28.7. The minimum absolute atomic E-state index is 0.168. The molecule has 4 amide bonds. The normalized spacial score (nSPS) is 25.4. The molecular weight excluding hydrogens is 504 g/mol. The average molecular weight is 551 g/mol. The van der Waals surface area contributed by atoms with Crippen LogP contribution in [0.15, 0.2) is 0 Å². The van der Waals surface area contributed by atoms with Crippen molar-refractivity contribution < 1.29 is 29.1 Å². The maximum Gasteiger partial charge on any atom is 0.326 e. The lowest BCUT2D eigenvalue weighted by Crippen LogP contribution is -2.59. The molecule has 3 rings (SSSR count). The number of nitrogens with two attached hydrogens (primary N) is 2. The number of likely N-dealkylation sites (tertiary alicyclic amines) is 3. The third-order valence-electron chi connectivity index (χ3n) is 8.55. The fourth-order valence-corrected chi connectivity index (χ4v) is 6.01. The van der Waals surface area contributed by atoms with Gasteiger partial charge < -0.3 is 36.6 Å². The molecule has 0 aliphatic carbocycles. The number of unbranched alkanes of at least 4 members (excludes halogenated alkanes) is 1. The highest BCUT2D eigenvalue weighted by molar-refractivity contribution is 5.96. The molecule has 0 saturated carbocycles. The zero-order valence-corrected chi connectivity index (χ0v) is 23.3. The van der Waals surface area contributed by atoms with Crippen LogP contribution in [0.3, 0.4) is 0 Å². The Hall–Kier alpha value is -2.73. The molecule has 12 nitrogen and oxygen atoms in total. The Bertz CT molecular complexity index is 915. The predicted octanol–water partition coefficient (Wildman–Crippen LogP) is 0.0312. The van der Waals surface area contributed by atoms with Crippen molar-refractivity contribution in [1.82, 2.24) is 20.0 Å². The summed E-state index contributed by atoms with van der Waals surface area (Å²) in [5.41, 5.74) is 11.6. The Kier molecular flexibility index (Phi) is 11.1. The Morgan fingerprint density at radius 1 is 0.872 bits per heavy atom. The Labute approximate surface area is 230 Å². The van der Waals surface area contributed by atoms with Gasteiger partial charge in [0, 0.05) is 19.6 Å². The molecule has 6 atom stereocenters. The fraction of sp³-hybridized carbons (Fsp3) is 0.815. The number of carbonyl (C=O) groups is 5. The van der Waals surface area contributed by atoms with E-state index in [1.165, 1.54) is 4.90 Å². The van der Waals surface area contributed by atoms with Crippen LogP contribution in [0.2, 0.25) is 0 Å². The van der Waals surface area contributed by atoms with Crippen molar-refractivity contribution in [1.29, 1.82) is 0 Å². The quantitative estimate of drug-likeness (QED) is 0.246. The van der Waals surface area contributed by atoms with Gasteiger partial charge >= 0.3 is 5.97 Å². The van der Waals surface area contributed by atoms with Gasteiger partial charge in [0.1, 0.15) is 24.2 Å². The number of rotatable bonds is 12. The molecule has 39 heavy (non-hydrogen) atoms. The summed E-state index contributed by atoms with van der Waals surface area (Å²) in [5, 5.41) is 12.4. The van der Waals surface area contributed by atoms with Crippen LogP contribution >= 0.6 is 0 Å². The second-order valence-electron chi connectivity index (χ2n) is 11.2. The monoisotopic (exact) mass is 550 g/mol. The summed E-state index contributed by atoms with van der Waals surface area (Å²) in [6, 6.07) is -3.86. The van der Waals surface area contributed by atoms with E-state index >= 15 is 0 Å². The van der Waals surface area contributed by atoms with Gasteiger partial charge in [0.05, 0.1) is 6.04 Å². The van der Waals surface area contributed by atoms with Crippen molar-refractivity contribution in [3.8, 4) is 0 Å². The first-order chi connectivity index (χ1) is 18.6. The van der Waals surface area contributed by atoms with Crippen LogP contribution in [-0.4, -0.2) is 106 Å². The topological polar surface area (TPSA) is 179 Å². The van der Waals surface area contributed by atoms with Gasteiger partial charge in [-0.25, -0.2) is 4.79 Å². The van der Waals surface area contributed by atoms with Crippen LogP contribution in [0, 0.1) is 5.92 Å². The number of carboxylic acid groups (broad SMARTS) is 1. The molecule has 0 spiro atoms. The van der Waals surface area contributed by atoms with Gasteiger partial charge in [0.2, 0.25) is 23.6 Å². The molecule has 12 heteroatoms. The number of aliphatic carboxylic acids is 1. The molecular formula is C27H46N6O6. The van der Waals surface area contributed by atoms with Crippen molar-refractivity contribution in [2.45, 2.75) is 108 Å². The number of carbonyl (C=O) groups excluding carboxylic acids is 4. The minimum atomic E-state index is -1.03. The Morgan fingerprint density at radius 2 is 1.38 bits per heavy atom. The molecule has 220 valence electrons. The number of carboxylic acids is 1. The van der Waals surface area contributed by atoms with E-state index in [1.807, 2.05) is 13.8 Å². The molecule has 3 aliphatic rings. The van der Waals surface area contributed by atoms with Gasteiger partial charge in [-0.05, 0) is 63.8 Å². The summed E-state index contributed by atoms with van der Waals surface area (Å²) in [6.07, 6.45) is 5.86. The molecule has 3 aliphatic heterocycles. The lowest BCUT2D eigenvalue weighted by atomic mass is 9.96. The third-order valence-corrected chi connectivity index (χ3v) is 8.55. The Balaban J connectivity index is 1.71. The number of hydrogen-bond donors (Lipinski definition) is 4. The van der Waals surface area contributed by atoms with Crippen molar-refractivity contribution in [2.24, 2.45) is 17.4 Å². The predicted molar refractivity (Wildman–Crippen MR) is 144 cm³/mol. The van der Waals surface area contributed by atoms with E-state index in [4.69, 9.17) is 11.5 Å². The van der Waals surface area contributed by atoms with Crippen molar-refractivity contribution in [3.63, 3.8) is 0 Å². The first-order valence-electron chi connectivity index (χ1n) is 14.5.